The second-order valence-electron chi connectivity index (χ2n) is 5.68. The number of guanidine groups is 1. The highest BCUT2D eigenvalue weighted by molar-refractivity contribution is 5.80. The zero-order valence-corrected chi connectivity index (χ0v) is 11.4. The van der Waals surface area contributed by atoms with Crippen LogP contribution in [-0.2, 0) is 0 Å². The van der Waals surface area contributed by atoms with Gasteiger partial charge in [0, 0.05) is 6.04 Å². The predicted molar refractivity (Wildman–Crippen MR) is 73.1 cm³/mol. The largest absolute Gasteiger partial charge is 0.370 e. The standard InChI is InChI=1S/C14H27N3/c1-3-11(2)17-13(10-16-14(17)15)12-8-6-4-5-7-9-12/h11-13H,3-10H2,1-2H3,(H2,15,16). The van der Waals surface area contributed by atoms with Gasteiger partial charge in [-0.15, -0.1) is 0 Å². The number of hydrogen-bond donors (Lipinski definition) is 1. The first-order chi connectivity index (χ1) is 8.24. The van der Waals surface area contributed by atoms with E-state index in [4.69, 9.17) is 5.73 Å². The van der Waals surface area contributed by atoms with E-state index in [2.05, 4.69) is 23.7 Å². The molecule has 3 heteroatoms. The van der Waals surface area contributed by atoms with Crippen LogP contribution >= 0.6 is 0 Å². The smallest absolute Gasteiger partial charge is 0.191 e. The first kappa shape index (κ1) is 12.7. The van der Waals surface area contributed by atoms with Gasteiger partial charge in [0.25, 0.3) is 0 Å². The minimum atomic E-state index is 0.537. The summed E-state index contributed by atoms with van der Waals surface area (Å²) in [7, 11) is 0. The van der Waals surface area contributed by atoms with Gasteiger partial charge in [0.1, 0.15) is 0 Å². The van der Waals surface area contributed by atoms with E-state index in [0.29, 0.717) is 12.1 Å². The fraction of sp³-hybridized carbons (Fsp3) is 0.929. The lowest BCUT2D eigenvalue weighted by Crippen LogP contribution is -2.49. The van der Waals surface area contributed by atoms with Crippen LogP contribution in [0.1, 0.15) is 58.8 Å². The highest BCUT2D eigenvalue weighted by Crippen LogP contribution is 2.31. The molecule has 1 aliphatic carbocycles. The van der Waals surface area contributed by atoms with Gasteiger partial charge in [0.15, 0.2) is 5.96 Å². The Hall–Kier alpha value is -0.730. The molecule has 98 valence electrons. The molecule has 0 amide bonds. The van der Waals surface area contributed by atoms with E-state index in [9.17, 15) is 0 Å². The van der Waals surface area contributed by atoms with Crippen LogP contribution in [0.15, 0.2) is 4.99 Å². The molecular formula is C14H27N3. The molecule has 17 heavy (non-hydrogen) atoms. The van der Waals surface area contributed by atoms with Crippen molar-refractivity contribution in [3.05, 3.63) is 0 Å². The van der Waals surface area contributed by atoms with Crippen molar-refractivity contribution in [1.82, 2.24) is 4.90 Å². The Labute approximate surface area is 105 Å². The van der Waals surface area contributed by atoms with Crippen molar-refractivity contribution >= 4 is 5.96 Å². The molecule has 2 unspecified atom stereocenters. The van der Waals surface area contributed by atoms with E-state index in [1.807, 2.05) is 0 Å². The van der Waals surface area contributed by atoms with Crippen molar-refractivity contribution in [3.8, 4) is 0 Å². The summed E-state index contributed by atoms with van der Waals surface area (Å²) in [4.78, 5) is 6.89. The predicted octanol–water partition coefficient (Wildman–Crippen LogP) is 2.75. The van der Waals surface area contributed by atoms with Crippen LogP contribution in [-0.4, -0.2) is 29.5 Å². The van der Waals surface area contributed by atoms with Crippen LogP contribution in [0.5, 0.6) is 0 Å². The van der Waals surface area contributed by atoms with E-state index >= 15 is 0 Å². The Morgan fingerprint density at radius 3 is 2.53 bits per heavy atom. The van der Waals surface area contributed by atoms with Gasteiger partial charge in [0.2, 0.25) is 0 Å². The van der Waals surface area contributed by atoms with Crippen molar-refractivity contribution < 1.29 is 0 Å². The van der Waals surface area contributed by atoms with Crippen molar-refractivity contribution in [2.45, 2.75) is 70.9 Å². The lowest BCUT2D eigenvalue weighted by atomic mass is 9.90. The molecule has 0 radical (unpaired) electrons. The topological polar surface area (TPSA) is 41.6 Å². The molecule has 0 aromatic carbocycles. The van der Waals surface area contributed by atoms with Gasteiger partial charge in [-0.25, -0.2) is 0 Å². The molecule has 0 aromatic rings. The van der Waals surface area contributed by atoms with E-state index in [1.54, 1.807) is 0 Å². The summed E-state index contributed by atoms with van der Waals surface area (Å²) in [5.41, 5.74) is 6.07. The molecule has 1 saturated carbocycles. The third-order valence-electron chi connectivity index (χ3n) is 4.57. The van der Waals surface area contributed by atoms with E-state index in [1.165, 1.54) is 38.5 Å². The highest BCUT2D eigenvalue weighted by atomic mass is 15.3. The van der Waals surface area contributed by atoms with Gasteiger partial charge in [-0.2, -0.15) is 0 Å². The van der Waals surface area contributed by atoms with Crippen molar-refractivity contribution in [2.75, 3.05) is 6.54 Å². The fourth-order valence-electron chi connectivity index (χ4n) is 3.35. The molecule has 0 aromatic heterocycles. The third kappa shape index (κ3) is 2.75. The Morgan fingerprint density at radius 2 is 1.94 bits per heavy atom. The average Bonchev–Trinajstić information content (AvgIpc) is 2.57. The molecule has 2 atom stereocenters. The number of nitrogens with zero attached hydrogens (tertiary/aromatic N) is 2. The van der Waals surface area contributed by atoms with Crippen molar-refractivity contribution in [2.24, 2.45) is 16.6 Å². The molecule has 1 heterocycles. The summed E-state index contributed by atoms with van der Waals surface area (Å²) in [6.45, 7) is 5.44. The Bertz CT molecular complexity index is 267. The normalized spacial score (nSPS) is 28.9. The maximum atomic E-state index is 6.07. The molecule has 0 saturated heterocycles. The molecule has 1 fully saturated rings. The summed E-state index contributed by atoms with van der Waals surface area (Å²) in [6, 6.07) is 1.12. The molecule has 0 bridgehead atoms. The van der Waals surface area contributed by atoms with Crippen molar-refractivity contribution in [1.29, 1.82) is 0 Å². The van der Waals surface area contributed by atoms with Crippen molar-refractivity contribution in [3.63, 3.8) is 0 Å². The number of hydrogen-bond acceptors (Lipinski definition) is 3. The van der Waals surface area contributed by atoms with Crippen LogP contribution in [0, 0.1) is 5.92 Å². The van der Waals surface area contributed by atoms with Crippen LogP contribution in [0.2, 0.25) is 0 Å². The Kier molecular flexibility index (Phi) is 4.30. The van der Waals surface area contributed by atoms with Gasteiger partial charge in [-0.05, 0) is 32.1 Å². The SMILES string of the molecule is CCC(C)N1C(N)=NCC1C1CCCCCC1. The van der Waals surface area contributed by atoms with E-state index < -0.39 is 0 Å². The first-order valence-electron chi connectivity index (χ1n) is 7.32. The fourth-order valence-corrected chi connectivity index (χ4v) is 3.35. The van der Waals surface area contributed by atoms with Gasteiger partial charge in [-0.1, -0.05) is 32.6 Å². The highest BCUT2D eigenvalue weighted by Gasteiger charge is 2.34. The maximum Gasteiger partial charge on any atom is 0.191 e. The van der Waals surface area contributed by atoms with Gasteiger partial charge < -0.3 is 10.6 Å². The molecule has 0 spiro atoms. The van der Waals surface area contributed by atoms with E-state index in [0.717, 1.165) is 24.8 Å². The van der Waals surface area contributed by atoms with Crippen LogP contribution in [0.25, 0.3) is 0 Å². The summed E-state index contributed by atoms with van der Waals surface area (Å²) >= 11 is 0. The molecule has 1 aliphatic heterocycles. The molecule has 2 aliphatic rings. The lowest BCUT2D eigenvalue weighted by Gasteiger charge is -2.36. The van der Waals surface area contributed by atoms with Crippen LogP contribution < -0.4 is 5.73 Å². The summed E-state index contributed by atoms with van der Waals surface area (Å²) in [5.74, 6) is 1.60. The van der Waals surface area contributed by atoms with Crippen LogP contribution in [0.3, 0.4) is 0 Å². The Balaban J connectivity index is 2.04. The first-order valence-corrected chi connectivity index (χ1v) is 7.32. The number of rotatable bonds is 3. The summed E-state index contributed by atoms with van der Waals surface area (Å²) in [5, 5.41) is 0. The van der Waals surface area contributed by atoms with Crippen LogP contribution in [0.4, 0.5) is 0 Å². The number of aliphatic imine (C=N–C) groups is 1. The van der Waals surface area contributed by atoms with Gasteiger partial charge >= 0.3 is 0 Å². The maximum absolute atomic E-state index is 6.07. The Morgan fingerprint density at radius 1 is 1.29 bits per heavy atom. The molecule has 2 N–H and O–H groups in total. The zero-order valence-electron chi connectivity index (χ0n) is 11.4. The minimum absolute atomic E-state index is 0.537. The van der Waals surface area contributed by atoms with Gasteiger partial charge in [0.05, 0.1) is 12.6 Å². The second-order valence-corrected chi connectivity index (χ2v) is 5.68. The molecule has 3 nitrogen and oxygen atoms in total. The number of nitrogens with two attached hydrogens (primary N) is 1. The monoisotopic (exact) mass is 237 g/mol. The summed E-state index contributed by atoms with van der Waals surface area (Å²) in [6.07, 6.45) is 9.54. The average molecular weight is 237 g/mol. The quantitative estimate of drug-likeness (QED) is 0.767. The second kappa shape index (κ2) is 5.74. The summed E-state index contributed by atoms with van der Waals surface area (Å²) < 4.78 is 0. The van der Waals surface area contributed by atoms with E-state index in [-0.39, 0.29) is 0 Å². The lowest BCUT2D eigenvalue weighted by molar-refractivity contribution is 0.187. The molecular weight excluding hydrogens is 210 g/mol. The third-order valence-corrected chi connectivity index (χ3v) is 4.57. The van der Waals surface area contributed by atoms with Gasteiger partial charge in [-0.3, -0.25) is 4.99 Å². The molecule has 2 rings (SSSR count). The minimum Gasteiger partial charge on any atom is -0.370 e. The zero-order chi connectivity index (χ0) is 12.3.